The molecule has 0 bridgehead atoms. The molecule has 1 unspecified atom stereocenters. The van der Waals surface area contributed by atoms with Gasteiger partial charge in [-0.3, -0.25) is 14.5 Å². The van der Waals surface area contributed by atoms with E-state index in [0.717, 1.165) is 60.4 Å². The summed E-state index contributed by atoms with van der Waals surface area (Å²) in [4.78, 5) is 27.9. The van der Waals surface area contributed by atoms with Crippen molar-refractivity contribution in [2.45, 2.75) is 39.7 Å². The van der Waals surface area contributed by atoms with Crippen molar-refractivity contribution in [1.82, 2.24) is 20.1 Å². The van der Waals surface area contributed by atoms with Crippen molar-refractivity contribution in [3.05, 3.63) is 71.0 Å². The maximum absolute atomic E-state index is 13.4. The fourth-order valence-electron chi connectivity index (χ4n) is 4.78. The zero-order valence-corrected chi connectivity index (χ0v) is 25.2. The highest BCUT2D eigenvalue weighted by atomic mass is 16.5. The number of aromatic nitrogens is 1. The number of carbonyl (C=O) groups is 2. The SMILES string of the molecule is CCCCN(CCO)CCNc1ccc(C)c(C(=O)NC(C)c2cc(OC)cc(-c3cc(C(=O)NC)n(C)c3)c2)c1. The molecule has 1 aromatic heterocycles. The molecule has 0 aliphatic carbocycles. The minimum atomic E-state index is -0.292. The van der Waals surface area contributed by atoms with Gasteiger partial charge in [-0.2, -0.15) is 0 Å². The van der Waals surface area contributed by atoms with Crippen molar-refractivity contribution < 1.29 is 19.4 Å². The minimum Gasteiger partial charge on any atom is -0.497 e. The van der Waals surface area contributed by atoms with E-state index in [1.807, 2.05) is 69.6 Å². The number of methoxy groups -OCH3 is 1. The van der Waals surface area contributed by atoms with Gasteiger partial charge in [0.05, 0.1) is 19.8 Å². The van der Waals surface area contributed by atoms with Crippen LogP contribution in [-0.2, 0) is 7.05 Å². The number of unbranched alkanes of at least 4 members (excludes halogenated alkanes) is 1. The van der Waals surface area contributed by atoms with Gasteiger partial charge in [-0.25, -0.2) is 0 Å². The number of ether oxygens (including phenoxy) is 1. The molecule has 0 aliphatic rings. The Balaban J connectivity index is 1.74. The van der Waals surface area contributed by atoms with E-state index in [4.69, 9.17) is 4.74 Å². The Bertz CT molecular complexity index is 1320. The van der Waals surface area contributed by atoms with Crippen LogP contribution >= 0.6 is 0 Å². The molecule has 3 aromatic rings. The average molecular weight is 564 g/mol. The Morgan fingerprint density at radius 2 is 1.83 bits per heavy atom. The molecule has 2 aromatic carbocycles. The molecule has 3 rings (SSSR count). The topological polar surface area (TPSA) is 108 Å². The van der Waals surface area contributed by atoms with Gasteiger partial charge in [0.1, 0.15) is 11.4 Å². The number of amides is 2. The molecule has 0 fully saturated rings. The summed E-state index contributed by atoms with van der Waals surface area (Å²) >= 11 is 0. The molecule has 1 atom stereocenters. The number of hydrogen-bond donors (Lipinski definition) is 4. The first-order valence-corrected chi connectivity index (χ1v) is 14.3. The van der Waals surface area contributed by atoms with Crippen molar-refractivity contribution in [3.8, 4) is 16.9 Å². The number of aryl methyl sites for hydroxylation is 2. The van der Waals surface area contributed by atoms with Gasteiger partial charge in [0, 0.05) is 56.7 Å². The fourth-order valence-corrected chi connectivity index (χ4v) is 4.78. The second kappa shape index (κ2) is 15.3. The summed E-state index contributed by atoms with van der Waals surface area (Å²) in [6.07, 6.45) is 4.12. The predicted molar refractivity (Wildman–Crippen MR) is 165 cm³/mol. The molecule has 1 heterocycles. The third-order valence-electron chi connectivity index (χ3n) is 7.29. The van der Waals surface area contributed by atoms with Crippen LogP contribution in [0.25, 0.3) is 11.1 Å². The lowest BCUT2D eigenvalue weighted by molar-refractivity contribution is 0.0935. The highest BCUT2D eigenvalue weighted by Crippen LogP contribution is 2.30. The van der Waals surface area contributed by atoms with E-state index in [1.54, 1.807) is 18.7 Å². The largest absolute Gasteiger partial charge is 0.497 e. The Morgan fingerprint density at radius 1 is 1.05 bits per heavy atom. The standard InChI is InChI=1S/C32H45N5O4/c1-7-8-12-37(14-15-38)13-11-34-27-10-9-22(2)29(20-27)31(39)35-23(3)24-16-25(18-28(17-24)41-6)26-19-30(32(40)33-4)36(5)21-26/h9-10,16-21,23,34,38H,7-8,11-15H2,1-6H3,(H,33,40)(H,35,39). The highest BCUT2D eigenvalue weighted by Gasteiger charge is 2.18. The molecule has 0 aliphatic heterocycles. The first-order chi connectivity index (χ1) is 19.7. The summed E-state index contributed by atoms with van der Waals surface area (Å²) in [5.74, 6) is 0.351. The van der Waals surface area contributed by atoms with Gasteiger partial charge in [0.15, 0.2) is 0 Å². The normalized spacial score (nSPS) is 11.8. The summed E-state index contributed by atoms with van der Waals surface area (Å²) in [6.45, 7) is 9.34. The highest BCUT2D eigenvalue weighted by molar-refractivity contribution is 5.97. The smallest absolute Gasteiger partial charge is 0.267 e. The third kappa shape index (κ3) is 8.58. The maximum atomic E-state index is 13.4. The maximum Gasteiger partial charge on any atom is 0.267 e. The van der Waals surface area contributed by atoms with Crippen LogP contribution in [0.4, 0.5) is 5.69 Å². The number of aliphatic hydroxyl groups excluding tert-OH is 1. The zero-order chi connectivity index (χ0) is 29.9. The van der Waals surface area contributed by atoms with Crippen LogP contribution in [-0.4, -0.2) is 73.3 Å². The van der Waals surface area contributed by atoms with Gasteiger partial charge < -0.3 is 30.4 Å². The first-order valence-electron chi connectivity index (χ1n) is 14.3. The lowest BCUT2D eigenvalue weighted by Gasteiger charge is -2.21. The number of anilines is 1. The van der Waals surface area contributed by atoms with Gasteiger partial charge >= 0.3 is 0 Å². The number of nitrogens with one attached hydrogen (secondary N) is 3. The van der Waals surface area contributed by atoms with Gasteiger partial charge in [0.2, 0.25) is 0 Å². The van der Waals surface area contributed by atoms with Crippen molar-refractivity contribution in [3.63, 3.8) is 0 Å². The summed E-state index contributed by atoms with van der Waals surface area (Å²) in [5.41, 5.74) is 5.60. The quantitative estimate of drug-likeness (QED) is 0.219. The molecule has 0 saturated carbocycles. The molecule has 9 nitrogen and oxygen atoms in total. The minimum absolute atomic E-state index is 0.147. The van der Waals surface area contributed by atoms with Crippen LogP contribution < -0.4 is 20.7 Å². The number of rotatable bonds is 15. The van der Waals surface area contributed by atoms with Crippen LogP contribution in [0.5, 0.6) is 5.75 Å². The van der Waals surface area contributed by atoms with Crippen molar-refractivity contribution in [2.24, 2.45) is 7.05 Å². The third-order valence-corrected chi connectivity index (χ3v) is 7.29. The fraction of sp³-hybridized carbons (Fsp3) is 0.438. The van der Waals surface area contributed by atoms with Crippen LogP contribution in [0.3, 0.4) is 0 Å². The van der Waals surface area contributed by atoms with E-state index in [2.05, 4.69) is 27.8 Å². The van der Waals surface area contributed by atoms with Crippen LogP contribution in [0.1, 0.15) is 64.7 Å². The number of hydrogen-bond acceptors (Lipinski definition) is 6. The van der Waals surface area contributed by atoms with Crippen molar-refractivity contribution in [1.29, 1.82) is 0 Å². The van der Waals surface area contributed by atoms with E-state index in [1.165, 1.54) is 0 Å². The van der Waals surface area contributed by atoms with Gasteiger partial charge in [-0.05, 0) is 79.9 Å². The van der Waals surface area contributed by atoms with Crippen LogP contribution in [0, 0.1) is 6.92 Å². The molecule has 4 N–H and O–H groups in total. The lowest BCUT2D eigenvalue weighted by atomic mass is 10.00. The van der Waals surface area contributed by atoms with Crippen molar-refractivity contribution >= 4 is 17.5 Å². The Hall–Kier alpha value is -3.82. The summed E-state index contributed by atoms with van der Waals surface area (Å²) in [5, 5.41) is 18.6. The molecule has 9 heteroatoms. The van der Waals surface area contributed by atoms with E-state index < -0.39 is 0 Å². The van der Waals surface area contributed by atoms with E-state index in [9.17, 15) is 14.7 Å². The second-order valence-electron chi connectivity index (χ2n) is 10.4. The van der Waals surface area contributed by atoms with Gasteiger partial charge in [-0.1, -0.05) is 19.4 Å². The molecule has 0 radical (unpaired) electrons. The van der Waals surface area contributed by atoms with Crippen molar-refractivity contribution in [2.75, 3.05) is 52.3 Å². The van der Waals surface area contributed by atoms with Gasteiger partial charge in [0.25, 0.3) is 11.8 Å². The molecule has 2 amide bonds. The molecule has 0 spiro atoms. The van der Waals surface area contributed by atoms with E-state index in [-0.39, 0.29) is 24.5 Å². The molecular formula is C32H45N5O4. The zero-order valence-electron chi connectivity index (χ0n) is 25.2. The number of benzene rings is 2. The molecule has 41 heavy (non-hydrogen) atoms. The van der Waals surface area contributed by atoms with Gasteiger partial charge in [-0.15, -0.1) is 0 Å². The lowest BCUT2D eigenvalue weighted by Crippen LogP contribution is -2.32. The Kier molecular flexibility index (Phi) is 11.8. The average Bonchev–Trinajstić information content (AvgIpc) is 3.37. The molecule has 222 valence electrons. The number of carbonyl (C=O) groups excluding carboxylic acids is 2. The Labute approximate surface area is 243 Å². The predicted octanol–water partition coefficient (Wildman–Crippen LogP) is 4.37. The summed E-state index contributed by atoms with van der Waals surface area (Å²) in [6, 6.07) is 13.2. The number of aliphatic hydroxyl groups is 1. The molecule has 0 saturated heterocycles. The van der Waals surface area contributed by atoms with Crippen LogP contribution in [0.2, 0.25) is 0 Å². The van der Waals surface area contributed by atoms with E-state index >= 15 is 0 Å². The van der Waals surface area contributed by atoms with E-state index in [0.29, 0.717) is 23.6 Å². The first kappa shape index (κ1) is 31.7. The summed E-state index contributed by atoms with van der Waals surface area (Å²) < 4.78 is 7.35. The summed E-state index contributed by atoms with van der Waals surface area (Å²) in [7, 11) is 5.06. The number of nitrogens with zero attached hydrogens (tertiary/aromatic N) is 2. The second-order valence-corrected chi connectivity index (χ2v) is 10.4. The molecular weight excluding hydrogens is 518 g/mol. The Morgan fingerprint density at radius 3 is 2.51 bits per heavy atom. The monoisotopic (exact) mass is 563 g/mol. The van der Waals surface area contributed by atoms with Crippen LogP contribution in [0.15, 0.2) is 48.7 Å².